The molecule has 3 saturated heterocycles. The molecule has 19 rings (SSSR count). The first kappa shape index (κ1) is 94.2. The summed E-state index contributed by atoms with van der Waals surface area (Å²) in [5.74, 6) is 2.50. The van der Waals surface area contributed by atoms with Gasteiger partial charge < -0.3 is 66.4 Å². The molecule has 8 aromatic heterocycles. The zero-order chi connectivity index (χ0) is 90.9. The molecule has 12 aromatic rings. The lowest BCUT2D eigenvalue weighted by Gasteiger charge is -2.34. The second kappa shape index (κ2) is 44.7. The number of rotatable bonds is 22. The number of halogens is 1. The Morgan fingerprint density at radius 1 is 0.346 bits per heavy atom. The van der Waals surface area contributed by atoms with Crippen molar-refractivity contribution in [1.82, 2.24) is 78.2 Å². The van der Waals surface area contributed by atoms with Crippen LogP contribution in [0.2, 0.25) is 5.02 Å². The Morgan fingerprint density at radius 3 is 0.962 bits per heavy atom. The van der Waals surface area contributed by atoms with E-state index >= 15 is 0 Å². The van der Waals surface area contributed by atoms with Gasteiger partial charge in [-0.3, -0.25) is 42.2 Å². The van der Waals surface area contributed by atoms with Crippen molar-refractivity contribution in [2.24, 2.45) is 0 Å². The predicted molar refractivity (Wildman–Crippen MR) is 527 cm³/mol. The summed E-state index contributed by atoms with van der Waals surface area (Å²) in [6.45, 7) is 24.4. The van der Waals surface area contributed by atoms with Crippen LogP contribution in [0.3, 0.4) is 0 Å². The first-order valence-electron chi connectivity index (χ1n) is 48.0. The van der Waals surface area contributed by atoms with Crippen molar-refractivity contribution in [1.29, 1.82) is 0 Å². The predicted octanol–water partition coefficient (Wildman–Crippen LogP) is 14.4. The van der Waals surface area contributed by atoms with E-state index in [2.05, 4.69) is 150 Å². The van der Waals surface area contributed by atoms with Crippen LogP contribution in [0, 0.1) is 0 Å². The van der Waals surface area contributed by atoms with Crippen LogP contribution in [0.25, 0.3) is 87.2 Å². The number of pyridine rings is 4. The Balaban J connectivity index is 0.000000130. The van der Waals surface area contributed by atoms with Crippen LogP contribution in [0.5, 0.6) is 0 Å². The first-order chi connectivity index (χ1) is 63.3. The van der Waals surface area contributed by atoms with Gasteiger partial charge in [-0.15, -0.1) is 0 Å². The zero-order valence-electron chi connectivity index (χ0n) is 77.0. The molecule has 4 saturated carbocycles. The minimum Gasteiger partial charge on any atom is -0.393 e. The molecule has 0 spiro atoms. The lowest BCUT2D eigenvalue weighted by molar-refractivity contribution is -0.120. The fourth-order valence-corrected chi connectivity index (χ4v) is 19.4. The van der Waals surface area contributed by atoms with Gasteiger partial charge in [0.15, 0.2) is 0 Å². The molecule has 0 radical (unpaired) electrons. The number of carbonyl (C=O) groups excluding carboxylic acids is 1. The molecule has 3 aliphatic heterocycles. The van der Waals surface area contributed by atoms with Gasteiger partial charge in [0.2, 0.25) is 23.8 Å². The van der Waals surface area contributed by atoms with Gasteiger partial charge >= 0.3 is 0 Å². The van der Waals surface area contributed by atoms with Gasteiger partial charge in [0.05, 0.1) is 29.1 Å². The molecule has 11 heterocycles. The minimum absolute atomic E-state index is 0.00213. The van der Waals surface area contributed by atoms with Gasteiger partial charge in [-0.25, -0.2) is 19.9 Å². The number of likely N-dealkylation sites (N-methyl/N-ethyl adjacent to an activating group) is 3. The summed E-state index contributed by atoms with van der Waals surface area (Å²) in [5.41, 5.74) is 4.79. The number of aliphatic hydroxyl groups is 3. The van der Waals surface area contributed by atoms with Crippen LogP contribution in [0.4, 0.5) is 35.2 Å². The number of Topliss-reactive ketones (excluding diaryl/α,β-unsaturated/α-hetero) is 1. The molecule has 0 unspecified atom stereocenters. The van der Waals surface area contributed by atoms with Gasteiger partial charge in [0.25, 0.3) is 22.2 Å². The van der Waals surface area contributed by atoms with Gasteiger partial charge in [-0.05, 0) is 201 Å². The molecular weight excluding hydrogens is 1660 g/mol. The number of piperazine rings is 3. The monoisotopic (exact) mass is 1790 g/mol. The van der Waals surface area contributed by atoms with Gasteiger partial charge in [0.1, 0.15) is 28.4 Å². The molecule has 7 fully saturated rings. The molecule has 0 atom stereocenters. The van der Waals surface area contributed by atoms with E-state index in [9.17, 15) is 39.3 Å². The van der Waals surface area contributed by atoms with Crippen LogP contribution in [-0.2, 0) is 4.79 Å². The Labute approximate surface area is 765 Å². The van der Waals surface area contributed by atoms with Crippen LogP contribution in [-0.4, -0.2) is 238 Å². The van der Waals surface area contributed by atoms with Crippen molar-refractivity contribution in [2.45, 2.75) is 224 Å². The van der Waals surface area contributed by atoms with E-state index < -0.39 is 0 Å². The van der Waals surface area contributed by atoms with Crippen LogP contribution >= 0.6 is 11.6 Å². The number of aliphatic hydroxyl groups excluding tert-OH is 3. The van der Waals surface area contributed by atoms with Crippen molar-refractivity contribution in [3.63, 3.8) is 0 Å². The standard InChI is InChI=1S/C26H36N6O2.C26H34N6O2.C21H25ClN4O2.C21H26N4O2.C5H12N2/c2*1-3-4-11-27-26-28-17-23-21-10-7-19(31-14-12-30(2)13-15-31)16-22(21)25(34)32(24(23)29-26)18-5-8-20(33)9-6-18;1-2-3-10-23-21-24-12-18-16-9-4-13(22)11-17(16)20(28)26(19(18)25-21)14-5-7-15(27)8-6-14;1-2-3-12-22-21-23-13-18-16-6-4-5-7-17(16)20(27)25(19(18)24-21)14-8-10-15(26)11-9-14;1-7-4-2-6-3-5-7/h7,10,16-18,20,33H,3-6,8-9,11-15H2,1-2H3,(H,27,28,29);7,10,16-18H,3-6,8-9,11-15H2,1-2H3,(H,27,28,29);4,9,11-12,14-15,27H,2-3,5-8,10H2,1H3,(H,23,24,25);4-7,13-15,26H,2-3,8-12H2,1H3,(H,22,23,24);6H,2-5H2,1H3. The van der Waals surface area contributed by atoms with Crippen molar-refractivity contribution >= 4 is 140 Å². The lowest BCUT2D eigenvalue weighted by atomic mass is 9.92. The van der Waals surface area contributed by atoms with E-state index in [1.165, 1.54) is 13.1 Å². The Kier molecular flexibility index (Phi) is 32.4. The number of unbranched alkanes of at least 4 members (excludes halogenated alkanes) is 4. The first-order valence-corrected chi connectivity index (χ1v) is 48.4. The third-order valence-corrected chi connectivity index (χ3v) is 27.4. The zero-order valence-corrected chi connectivity index (χ0v) is 77.8. The number of nitrogens with zero attached hydrogens (tertiary/aromatic N) is 17. The molecule has 130 heavy (non-hydrogen) atoms. The fourth-order valence-electron chi connectivity index (χ4n) is 19.2. The molecule has 0 amide bonds. The normalized spacial score (nSPS) is 20.3. The van der Waals surface area contributed by atoms with E-state index in [-0.39, 0.29) is 70.5 Å². The summed E-state index contributed by atoms with van der Waals surface area (Å²) in [7, 11) is 6.44. The van der Waals surface area contributed by atoms with Gasteiger partial charge in [-0.1, -0.05) is 101 Å². The molecule has 7 aliphatic rings. The van der Waals surface area contributed by atoms with E-state index in [0.29, 0.717) is 119 Å². The van der Waals surface area contributed by atoms with E-state index in [1.807, 2.05) is 68.7 Å². The maximum atomic E-state index is 14.0. The highest BCUT2D eigenvalue weighted by Gasteiger charge is 2.32. The molecule has 31 heteroatoms. The largest absolute Gasteiger partial charge is 0.393 e. The third kappa shape index (κ3) is 22.3. The molecule has 4 aromatic carbocycles. The van der Waals surface area contributed by atoms with Crippen LogP contribution < -0.4 is 58.6 Å². The summed E-state index contributed by atoms with van der Waals surface area (Å²) >= 11 is 6.17. The Bertz CT molecular complexity index is 6130. The number of hydrogen-bond donors (Lipinski definition) is 8. The topological polar surface area (TPSA) is 345 Å². The number of ketones is 1. The highest BCUT2D eigenvalue weighted by Crippen LogP contribution is 2.39. The summed E-state index contributed by atoms with van der Waals surface area (Å²) in [4.78, 5) is 115. The summed E-state index contributed by atoms with van der Waals surface area (Å²) in [5, 5.41) is 56.5. The van der Waals surface area contributed by atoms with Crippen molar-refractivity contribution in [3.8, 4) is 0 Å². The highest BCUT2D eigenvalue weighted by atomic mass is 35.5. The smallest absolute Gasteiger partial charge is 0.260 e. The van der Waals surface area contributed by atoms with E-state index in [0.717, 1.165) is 254 Å². The molecule has 694 valence electrons. The van der Waals surface area contributed by atoms with Crippen LogP contribution in [0.1, 0.15) is 206 Å². The fraction of sp³-hybridized carbons (Fsp3) is 0.545. The average molecular weight is 1790 g/mol. The van der Waals surface area contributed by atoms with E-state index in [4.69, 9.17) is 31.5 Å². The molecule has 4 aliphatic carbocycles. The maximum absolute atomic E-state index is 14.0. The molecular formula is C99H133ClN22O8. The van der Waals surface area contributed by atoms with Crippen LogP contribution in [0.15, 0.2) is 123 Å². The molecule has 30 nitrogen and oxygen atoms in total. The lowest BCUT2D eigenvalue weighted by Crippen LogP contribution is -2.44. The maximum Gasteiger partial charge on any atom is 0.260 e. The third-order valence-electron chi connectivity index (χ3n) is 27.2. The SMILES string of the molecule is CCCCNc1ncc2c3ccc(Cl)cc3c(=O)n(C3CCC(O)CC3)c2n1.CCCCNc1ncc2c3ccc(N4CCN(C)CC4)cc3c(=O)n(C3CCC(=O)CC3)c2n1.CCCCNc1ncc2c3ccc(N4CCN(C)CC4)cc3c(=O)n(C3CCC(O)CC3)c2n1.CCCCNc1ncc2c3ccccc3c(=O)n(C3CCC(O)CC3)c2n1.CN1CCNCC1. The Hall–Kier alpha value is -10.4. The van der Waals surface area contributed by atoms with Crippen molar-refractivity contribution in [3.05, 3.63) is 150 Å². The summed E-state index contributed by atoms with van der Waals surface area (Å²) in [6.07, 6.45) is 26.3. The number of carbonyl (C=O) groups is 1. The number of nitrogens with one attached hydrogen (secondary N) is 5. The Morgan fingerprint density at radius 2 is 0.638 bits per heavy atom. The second-order valence-corrected chi connectivity index (χ2v) is 37.0. The number of hydrogen-bond acceptors (Lipinski definition) is 26. The number of aromatic nitrogens is 12. The van der Waals surface area contributed by atoms with Crippen molar-refractivity contribution < 1.29 is 20.1 Å². The number of fused-ring (bicyclic) bond motifs is 12. The van der Waals surface area contributed by atoms with E-state index in [1.54, 1.807) is 22.9 Å². The second-order valence-electron chi connectivity index (χ2n) is 36.5. The number of benzene rings is 4. The van der Waals surface area contributed by atoms with Crippen molar-refractivity contribution in [2.75, 3.05) is 157 Å². The average Bonchev–Trinajstić information content (AvgIpc) is 0.748. The summed E-state index contributed by atoms with van der Waals surface area (Å²) in [6, 6.07) is 25.6. The quantitative estimate of drug-likeness (QED) is 0.0231. The number of anilines is 6. The van der Waals surface area contributed by atoms with Gasteiger partial charge in [0, 0.05) is 215 Å². The molecule has 0 bridgehead atoms. The summed E-state index contributed by atoms with van der Waals surface area (Å²) < 4.78 is 7.39. The molecule has 8 N–H and O–H groups in total. The van der Waals surface area contributed by atoms with Gasteiger partial charge in [-0.2, -0.15) is 19.9 Å². The highest BCUT2D eigenvalue weighted by molar-refractivity contribution is 6.31. The minimum atomic E-state index is -0.283.